The average molecular weight is 356 g/mol. The van der Waals surface area contributed by atoms with Gasteiger partial charge in [-0.3, -0.25) is 0 Å². The highest BCUT2D eigenvalue weighted by Gasteiger charge is 2.11. The van der Waals surface area contributed by atoms with Crippen LogP contribution in [0.5, 0.6) is 11.5 Å². The Hall–Kier alpha value is -3.53. The lowest BCUT2D eigenvalue weighted by Gasteiger charge is -2.11. The van der Waals surface area contributed by atoms with Crippen molar-refractivity contribution in [3.05, 3.63) is 90.6 Å². The average Bonchev–Trinajstić information content (AvgIpc) is 3.23. The number of ether oxygens (including phenoxy) is 2. The molecule has 4 rings (SSSR count). The number of H-pyrrole nitrogens is 1. The molecule has 0 spiro atoms. The van der Waals surface area contributed by atoms with Gasteiger partial charge in [0.2, 0.25) is 0 Å². The number of rotatable bonds is 6. The van der Waals surface area contributed by atoms with Gasteiger partial charge in [0.05, 0.1) is 19.0 Å². The minimum Gasteiger partial charge on any atom is -0.496 e. The molecule has 0 fully saturated rings. The Bertz CT molecular complexity index is 1010. The molecule has 0 aliphatic rings. The van der Waals surface area contributed by atoms with Crippen LogP contribution < -0.4 is 9.47 Å². The van der Waals surface area contributed by atoms with Gasteiger partial charge in [-0.25, -0.2) is 4.98 Å². The van der Waals surface area contributed by atoms with Gasteiger partial charge in [-0.1, -0.05) is 60.7 Å². The van der Waals surface area contributed by atoms with E-state index in [0.29, 0.717) is 6.61 Å². The summed E-state index contributed by atoms with van der Waals surface area (Å²) in [6.07, 6.45) is 1.82. The lowest BCUT2D eigenvalue weighted by molar-refractivity contribution is 0.304. The number of aromatic nitrogens is 2. The first-order valence-electron chi connectivity index (χ1n) is 8.79. The zero-order valence-corrected chi connectivity index (χ0v) is 15.1. The van der Waals surface area contributed by atoms with Gasteiger partial charge in [0.15, 0.2) is 0 Å². The van der Waals surface area contributed by atoms with Crippen LogP contribution in [0.4, 0.5) is 0 Å². The van der Waals surface area contributed by atoms with Gasteiger partial charge >= 0.3 is 0 Å². The highest BCUT2D eigenvalue weighted by molar-refractivity contribution is 5.70. The summed E-state index contributed by atoms with van der Waals surface area (Å²) in [7, 11) is 1.66. The molecule has 4 heteroatoms. The molecule has 1 N–H and O–H groups in total. The zero-order valence-electron chi connectivity index (χ0n) is 15.1. The first kappa shape index (κ1) is 16.9. The predicted molar refractivity (Wildman–Crippen MR) is 107 cm³/mol. The molecule has 4 nitrogen and oxygen atoms in total. The third kappa shape index (κ3) is 3.85. The molecule has 0 saturated heterocycles. The van der Waals surface area contributed by atoms with Gasteiger partial charge in [-0.2, -0.15) is 0 Å². The lowest BCUT2D eigenvalue weighted by Crippen LogP contribution is -1.96. The molecule has 0 unspecified atom stereocenters. The summed E-state index contributed by atoms with van der Waals surface area (Å²) >= 11 is 0. The lowest BCUT2D eigenvalue weighted by atomic mass is 10.1. The van der Waals surface area contributed by atoms with E-state index in [1.54, 1.807) is 7.11 Å². The van der Waals surface area contributed by atoms with Gasteiger partial charge in [-0.05, 0) is 17.7 Å². The standard InChI is InChI=1S/C23H20N2O2/c1-26-22-14-19(27-16-17-8-4-2-5-9-17)12-13-20(22)21-15-24-23(25-21)18-10-6-3-7-11-18/h2-15H,16H2,1H3,(H,24,25). The fourth-order valence-electron chi connectivity index (χ4n) is 2.93. The summed E-state index contributed by atoms with van der Waals surface area (Å²) in [5, 5.41) is 0. The Morgan fingerprint density at radius 2 is 1.63 bits per heavy atom. The molecule has 0 saturated carbocycles. The number of nitrogens with one attached hydrogen (secondary N) is 1. The third-order valence-electron chi connectivity index (χ3n) is 4.33. The minimum absolute atomic E-state index is 0.519. The van der Waals surface area contributed by atoms with Crippen molar-refractivity contribution >= 4 is 0 Å². The van der Waals surface area contributed by atoms with Crippen LogP contribution in [0.25, 0.3) is 22.6 Å². The highest BCUT2D eigenvalue weighted by Crippen LogP contribution is 2.33. The second-order valence-corrected chi connectivity index (χ2v) is 6.15. The normalized spacial score (nSPS) is 10.6. The van der Waals surface area contributed by atoms with Gasteiger partial charge in [-0.15, -0.1) is 0 Å². The SMILES string of the molecule is COc1cc(OCc2ccccc2)ccc1-c1cnc(-c2ccccc2)[nH]1. The van der Waals surface area contributed by atoms with E-state index in [4.69, 9.17) is 9.47 Å². The smallest absolute Gasteiger partial charge is 0.137 e. The monoisotopic (exact) mass is 356 g/mol. The summed E-state index contributed by atoms with van der Waals surface area (Å²) in [4.78, 5) is 7.86. The van der Waals surface area contributed by atoms with E-state index in [9.17, 15) is 0 Å². The van der Waals surface area contributed by atoms with Crippen LogP contribution in [-0.4, -0.2) is 17.1 Å². The van der Waals surface area contributed by atoms with Crippen LogP contribution in [0.15, 0.2) is 85.1 Å². The summed E-state index contributed by atoms with van der Waals surface area (Å²) in [5.41, 5.74) is 4.02. The zero-order chi connectivity index (χ0) is 18.5. The van der Waals surface area contributed by atoms with Crippen molar-refractivity contribution < 1.29 is 9.47 Å². The van der Waals surface area contributed by atoms with Crippen molar-refractivity contribution in [1.82, 2.24) is 9.97 Å². The molecule has 0 atom stereocenters. The predicted octanol–water partition coefficient (Wildman–Crippen LogP) is 5.33. The second-order valence-electron chi connectivity index (χ2n) is 6.15. The summed E-state index contributed by atoms with van der Waals surface area (Å²) in [6, 6.07) is 26.0. The van der Waals surface area contributed by atoms with Crippen molar-refractivity contribution in [2.24, 2.45) is 0 Å². The topological polar surface area (TPSA) is 47.1 Å². The minimum atomic E-state index is 0.519. The number of methoxy groups -OCH3 is 1. The van der Waals surface area contributed by atoms with Gasteiger partial charge < -0.3 is 14.5 Å². The molecule has 1 aromatic heterocycles. The van der Waals surface area contributed by atoms with Crippen molar-refractivity contribution in [3.8, 4) is 34.1 Å². The van der Waals surface area contributed by atoms with Crippen LogP contribution in [0.1, 0.15) is 5.56 Å². The largest absolute Gasteiger partial charge is 0.496 e. The van der Waals surface area contributed by atoms with E-state index in [0.717, 1.165) is 39.7 Å². The first-order chi connectivity index (χ1) is 13.3. The molecular formula is C23H20N2O2. The van der Waals surface area contributed by atoms with Crippen molar-refractivity contribution in [3.63, 3.8) is 0 Å². The molecule has 0 aliphatic carbocycles. The number of aromatic amines is 1. The van der Waals surface area contributed by atoms with E-state index in [-0.39, 0.29) is 0 Å². The Balaban J connectivity index is 1.56. The molecule has 0 aliphatic heterocycles. The molecule has 1 heterocycles. The molecule has 134 valence electrons. The van der Waals surface area contributed by atoms with Crippen LogP contribution in [0.2, 0.25) is 0 Å². The van der Waals surface area contributed by atoms with Crippen molar-refractivity contribution in [2.45, 2.75) is 6.61 Å². The van der Waals surface area contributed by atoms with Gasteiger partial charge in [0.25, 0.3) is 0 Å². The maximum Gasteiger partial charge on any atom is 0.137 e. The second kappa shape index (κ2) is 7.79. The number of imidazole rings is 1. The fraction of sp³-hybridized carbons (Fsp3) is 0.0870. The first-order valence-corrected chi connectivity index (χ1v) is 8.79. The Labute approximate surface area is 158 Å². The van der Waals surface area contributed by atoms with Crippen LogP contribution >= 0.6 is 0 Å². The highest BCUT2D eigenvalue weighted by atomic mass is 16.5. The summed E-state index contributed by atoms with van der Waals surface area (Å²) < 4.78 is 11.5. The number of nitrogens with zero attached hydrogens (tertiary/aromatic N) is 1. The number of benzene rings is 3. The van der Waals surface area contributed by atoms with Crippen LogP contribution in [0.3, 0.4) is 0 Å². The van der Waals surface area contributed by atoms with Crippen LogP contribution in [-0.2, 0) is 6.61 Å². The maximum atomic E-state index is 5.89. The number of hydrogen-bond acceptors (Lipinski definition) is 3. The quantitative estimate of drug-likeness (QED) is 0.508. The molecule has 0 radical (unpaired) electrons. The molecular weight excluding hydrogens is 336 g/mol. The van der Waals surface area contributed by atoms with E-state index in [1.165, 1.54) is 0 Å². The van der Waals surface area contributed by atoms with Gasteiger partial charge in [0.1, 0.15) is 23.9 Å². The summed E-state index contributed by atoms with van der Waals surface area (Å²) in [6.45, 7) is 0.519. The Morgan fingerprint density at radius 3 is 2.37 bits per heavy atom. The summed E-state index contributed by atoms with van der Waals surface area (Å²) in [5.74, 6) is 2.34. The van der Waals surface area contributed by atoms with E-state index < -0.39 is 0 Å². The van der Waals surface area contributed by atoms with E-state index >= 15 is 0 Å². The van der Waals surface area contributed by atoms with Gasteiger partial charge in [0, 0.05) is 17.2 Å². The molecule has 27 heavy (non-hydrogen) atoms. The van der Waals surface area contributed by atoms with E-state index in [2.05, 4.69) is 9.97 Å². The Morgan fingerprint density at radius 1 is 0.889 bits per heavy atom. The molecule has 0 amide bonds. The van der Waals surface area contributed by atoms with Crippen molar-refractivity contribution in [2.75, 3.05) is 7.11 Å². The Kier molecular flexibility index (Phi) is 4.88. The fourth-order valence-corrected chi connectivity index (χ4v) is 2.93. The molecule has 3 aromatic carbocycles. The number of hydrogen-bond donors (Lipinski definition) is 1. The third-order valence-corrected chi connectivity index (χ3v) is 4.33. The molecule has 0 bridgehead atoms. The van der Waals surface area contributed by atoms with E-state index in [1.807, 2.05) is 85.1 Å². The van der Waals surface area contributed by atoms with Crippen LogP contribution in [0, 0.1) is 0 Å². The molecule has 4 aromatic rings. The van der Waals surface area contributed by atoms with Crippen molar-refractivity contribution in [1.29, 1.82) is 0 Å². The maximum absolute atomic E-state index is 5.89.